The number of hydrogen-bond donors (Lipinski definition) is 0. The SMILES string of the molecule is Cc1cc(C)cc(-c2nc(-c3ccccc3)c(-c3ccccc3)n2Cc2ccccc2)c1. The van der Waals surface area contributed by atoms with Crippen LogP contribution in [0.5, 0.6) is 0 Å². The molecule has 0 saturated carbocycles. The maximum Gasteiger partial charge on any atom is 0.141 e. The van der Waals surface area contributed by atoms with Gasteiger partial charge in [-0.15, -0.1) is 0 Å². The van der Waals surface area contributed by atoms with E-state index in [4.69, 9.17) is 4.98 Å². The van der Waals surface area contributed by atoms with E-state index in [1.54, 1.807) is 0 Å². The number of hydrogen-bond acceptors (Lipinski definition) is 1. The lowest BCUT2D eigenvalue weighted by atomic mass is 10.0. The summed E-state index contributed by atoms with van der Waals surface area (Å²) < 4.78 is 2.38. The third-order valence-corrected chi connectivity index (χ3v) is 5.73. The van der Waals surface area contributed by atoms with E-state index in [0.29, 0.717) is 0 Å². The smallest absolute Gasteiger partial charge is 0.141 e. The van der Waals surface area contributed by atoms with Gasteiger partial charge in [-0.1, -0.05) is 108 Å². The van der Waals surface area contributed by atoms with E-state index in [2.05, 4.69) is 128 Å². The number of benzene rings is 4. The third kappa shape index (κ3) is 4.00. The van der Waals surface area contributed by atoms with Gasteiger partial charge in [0.1, 0.15) is 5.82 Å². The van der Waals surface area contributed by atoms with Crippen LogP contribution < -0.4 is 0 Å². The molecule has 2 nitrogen and oxygen atoms in total. The summed E-state index contributed by atoms with van der Waals surface area (Å²) in [4.78, 5) is 5.27. The van der Waals surface area contributed by atoms with Gasteiger partial charge in [0.2, 0.25) is 0 Å². The van der Waals surface area contributed by atoms with Gasteiger partial charge in [-0.2, -0.15) is 0 Å². The molecule has 0 radical (unpaired) electrons. The molecule has 4 aromatic carbocycles. The monoisotopic (exact) mass is 414 g/mol. The number of nitrogens with zero attached hydrogens (tertiary/aromatic N) is 2. The molecule has 0 saturated heterocycles. The predicted octanol–water partition coefficient (Wildman–Crippen LogP) is 7.55. The lowest BCUT2D eigenvalue weighted by molar-refractivity contribution is 0.814. The van der Waals surface area contributed by atoms with E-state index in [0.717, 1.165) is 34.9 Å². The Morgan fingerprint density at radius 3 is 1.72 bits per heavy atom. The topological polar surface area (TPSA) is 17.8 Å². The van der Waals surface area contributed by atoms with Crippen molar-refractivity contribution in [2.75, 3.05) is 0 Å². The van der Waals surface area contributed by atoms with Crippen LogP contribution in [0.2, 0.25) is 0 Å². The molecule has 5 aromatic rings. The molecule has 0 bridgehead atoms. The second-order valence-electron chi connectivity index (χ2n) is 8.31. The van der Waals surface area contributed by atoms with Crippen LogP contribution in [-0.2, 0) is 6.54 Å². The largest absolute Gasteiger partial charge is 0.319 e. The van der Waals surface area contributed by atoms with Crippen LogP contribution in [0.4, 0.5) is 0 Å². The quantitative estimate of drug-likeness (QED) is 0.290. The molecule has 32 heavy (non-hydrogen) atoms. The molecule has 0 atom stereocenters. The van der Waals surface area contributed by atoms with Gasteiger partial charge >= 0.3 is 0 Å². The zero-order valence-electron chi connectivity index (χ0n) is 18.5. The minimum Gasteiger partial charge on any atom is -0.319 e. The van der Waals surface area contributed by atoms with Crippen molar-refractivity contribution in [2.24, 2.45) is 0 Å². The van der Waals surface area contributed by atoms with Crippen LogP contribution in [0.3, 0.4) is 0 Å². The van der Waals surface area contributed by atoms with Crippen LogP contribution in [0.1, 0.15) is 16.7 Å². The van der Waals surface area contributed by atoms with E-state index < -0.39 is 0 Å². The lowest BCUT2D eigenvalue weighted by Gasteiger charge is -2.14. The van der Waals surface area contributed by atoms with E-state index in [-0.39, 0.29) is 0 Å². The van der Waals surface area contributed by atoms with Gasteiger partial charge in [0, 0.05) is 23.2 Å². The van der Waals surface area contributed by atoms with Crippen molar-refractivity contribution in [1.82, 2.24) is 9.55 Å². The Morgan fingerprint density at radius 2 is 1.12 bits per heavy atom. The third-order valence-electron chi connectivity index (χ3n) is 5.73. The summed E-state index contributed by atoms with van der Waals surface area (Å²) in [5.74, 6) is 0.998. The van der Waals surface area contributed by atoms with Crippen molar-refractivity contribution in [3.05, 3.63) is 126 Å². The molecule has 5 rings (SSSR count). The molecular weight excluding hydrogens is 388 g/mol. The van der Waals surface area contributed by atoms with Crippen molar-refractivity contribution in [2.45, 2.75) is 20.4 Å². The van der Waals surface area contributed by atoms with Crippen molar-refractivity contribution in [3.63, 3.8) is 0 Å². The number of aromatic nitrogens is 2. The Bertz CT molecular complexity index is 1310. The Hall–Kier alpha value is -3.91. The van der Waals surface area contributed by atoms with Crippen LogP contribution in [-0.4, -0.2) is 9.55 Å². The molecule has 0 spiro atoms. The van der Waals surface area contributed by atoms with Crippen molar-refractivity contribution in [1.29, 1.82) is 0 Å². The first kappa shape index (κ1) is 20.0. The number of rotatable bonds is 5. The fraction of sp³-hybridized carbons (Fsp3) is 0.100. The van der Waals surface area contributed by atoms with E-state index >= 15 is 0 Å². The highest BCUT2D eigenvalue weighted by molar-refractivity contribution is 5.82. The van der Waals surface area contributed by atoms with Crippen LogP contribution in [0, 0.1) is 13.8 Å². The lowest BCUT2D eigenvalue weighted by Crippen LogP contribution is -2.05. The van der Waals surface area contributed by atoms with Gasteiger partial charge < -0.3 is 4.57 Å². The molecule has 0 aliphatic heterocycles. The van der Waals surface area contributed by atoms with Crippen molar-refractivity contribution in [3.8, 4) is 33.9 Å². The second kappa shape index (κ2) is 8.68. The first-order valence-corrected chi connectivity index (χ1v) is 11.0. The Morgan fingerprint density at radius 1 is 0.594 bits per heavy atom. The molecule has 2 heteroatoms. The average molecular weight is 415 g/mol. The number of imidazole rings is 1. The summed E-state index contributed by atoms with van der Waals surface area (Å²) in [5.41, 5.74) is 9.37. The van der Waals surface area contributed by atoms with Gasteiger partial charge in [-0.25, -0.2) is 4.98 Å². The molecule has 0 unspecified atom stereocenters. The fourth-order valence-corrected chi connectivity index (χ4v) is 4.38. The summed E-state index contributed by atoms with van der Waals surface area (Å²) in [7, 11) is 0. The summed E-state index contributed by atoms with van der Waals surface area (Å²) in [6, 6.07) is 38.4. The van der Waals surface area contributed by atoms with Crippen LogP contribution >= 0.6 is 0 Å². The predicted molar refractivity (Wildman–Crippen MR) is 134 cm³/mol. The summed E-state index contributed by atoms with van der Waals surface area (Å²) >= 11 is 0. The van der Waals surface area contributed by atoms with Crippen molar-refractivity contribution >= 4 is 0 Å². The summed E-state index contributed by atoms with van der Waals surface area (Å²) in [6.07, 6.45) is 0. The first-order valence-electron chi connectivity index (χ1n) is 11.0. The van der Waals surface area contributed by atoms with E-state index in [1.165, 1.54) is 22.3 Å². The molecule has 0 fully saturated rings. The van der Waals surface area contributed by atoms with Gasteiger partial charge in [0.25, 0.3) is 0 Å². The molecule has 1 heterocycles. The molecule has 1 aromatic heterocycles. The summed E-state index contributed by atoms with van der Waals surface area (Å²) in [6.45, 7) is 5.06. The Balaban J connectivity index is 1.82. The molecule has 0 aliphatic carbocycles. The zero-order valence-corrected chi connectivity index (χ0v) is 18.5. The Labute approximate surface area is 189 Å². The zero-order chi connectivity index (χ0) is 21.9. The normalized spacial score (nSPS) is 10.9. The molecule has 156 valence electrons. The van der Waals surface area contributed by atoms with Gasteiger partial charge in [0.05, 0.1) is 11.4 Å². The maximum absolute atomic E-state index is 5.27. The molecule has 0 aliphatic rings. The molecular formula is C30H26N2. The minimum atomic E-state index is 0.757. The fourth-order valence-electron chi connectivity index (χ4n) is 4.38. The molecule has 0 amide bonds. The highest BCUT2D eigenvalue weighted by atomic mass is 15.1. The average Bonchev–Trinajstić information content (AvgIpc) is 3.19. The van der Waals surface area contributed by atoms with E-state index in [9.17, 15) is 0 Å². The standard InChI is InChI=1S/C30H26N2/c1-22-18-23(2)20-27(19-22)30-31-28(25-14-8-4-9-15-25)29(26-16-10-5-11-17-26)32(30)21-24-12-6-3-7-13-24/h3-20H,21H2,1-2H3. The molecule has 0 N–H and O–H groups in total. The number of aryl methyl sites for hydroxylation is 2. The summed E-state index contributed by atoms with van der Waals surface area (Å²) in [5, 5.41) is 0. The maximum atomic E-state index is 5.27. The van der Waals surface area contributed by atoms with Crippen molar-refractivity contribution < 1.29 is 0 Å². The first-order chi connectivity index (χ1) is 15.7. The van der Waals surface area contributed by atoms with Crippen LogP contribution in [0.25, 0.3) is 33.9 Å². The van der Waals surface area contributed by atoms with E-state index in [1.807, 2.05) is 0 Å². The Kier molecular flexibility index (Phi) is 5.43. The van der Waals surface area contributed by atoms with Gasteiger partial charge in [-0.05, 0) is 31.5 Å². The van der Waals surface area contributed by atoms with Gasteiger partial charge in [-0.3, -0.25) is 0 Å². The second-order valence-corrected chi connectivity index (χ2v) is 8.31. The highest BCUT2D eigenvalue weighted by Crippen LogP contribution is 2.37. The van der Waals surface area contributed by atoms with Gasteiger partial charge in [0.15, 0.2) is 0 Å². The minimum absolute atomic E-state index is 0.757. The van der Waals surface area contributed by atoms with Crippen LogP contribution in [0.15, 0.2) is 109 Å². The highest BCUT2D eigenvalue weighted by Gasteiger charge is 2.21.